The summed E-state index contributed by atoms with van der Waals surface area (Å²) in [5.41, 5.74) is 3.53. The van der Waals surface area contributed by atoms with Crippen molar-refractivity contribution in [2.24, 2.45) is 0 Å². The van der Waals surface area contributed by atoms with Crippen molar-refractivity contribution in [1.29, 1.82) is 5.41 Å². The molecular formula is C9H15N. The average molecular weight is 137 g/mol. The summed E-state index contributed by atoms with van der Waals surface area (Å²) >= 11 is 0. The Balaban J connectivity index is 2.75. The van der Waals surface area contributed by atoms with Crippen molar-refractivity contribution in [3.8, 4) is 0 Å². The molecule has 0 aromatic heterocycles. The Morgan fingerprint density at radius 2 is 1.80 bits per heavy atom. The van der Waals surface area contributed by atoms with E-state index in [2.05, 4.69) is 13.8 Å². The van der Waals surface area contributed by atoms with Gasteiger partial charge in [-0.25, -0.2) is 0 Å². The highest BCUT2D eigenvalue weighted by atomic mass is 14.4. The Morgan fingerprint density at radius 1 is 1.20 bits per heavy atom. The largest absolute Gasteiger partial charge is 0.305 e. The van der Waals surface area contributed by atoms with E-state index < -0.39 is 0 Å². The highest BCUT2D eigenvalue weighted by Gasteiger charge is 2.11. The number of hydrogen-bond acceptors (Lipinski definition) is 1. The summed E-state index contributed by atoms with van der Waals surface area (Å²) in [5.74, 6) is 0. The first kappa shape index (κ1) is 7.52. The molecule has 0 unspecified atom stereocenters. The van der Waals surface area contributed by atoms with Crippen LogP contribution in [0.4, 0.5) is 0 Å². The Morgan fingerprint density at radius 3 is 2.20 bits per heavy atom. The van der Waals surface area contributed by atoms with Gasteiger partial charge in [0.15, 0.2) is 0 Å². The third kappa shape index (κ3) is 1.47. The van der Waals surface area contributed by atoms with Gasteiger partial charge in [-0.1, -0.05) is 5.57 Å². The quantitative estimate of drug-likeness (QED) is 0.531. The Labute approximate surface area is 62.6 Å². The molecule has 0 saturated heterocycles. The van der Waals surface area contributed by atoms with E-state index in [-0.39, 0.29) is 0 Å². The fourth-order valence-electron chi connectivity index (χ4n) is 1.46. The molecule has 1 nitrogen and oxygen atoms in total. The monoisotopic (exact) mass is 137 g/mol. The second kappa shape index (κ2) is 3.00. The third-order valence-electron chi connectivity index (χ3n) is 2.07. The van der Waals surface area contributed by atoms with E-state index in [1.807, 2.05) is 0 Å². The van der Waals surface area contributed by atoms with Crippen LogP contribution in [0, 0.1) is 5.41 Å². The zero-order valence-electron chi connectivity index (χ0n) is 6.83. The molecule has 56 valence electrons. The Kier molecular flexibility index (Phi) is 2.25. The van der Waals surface area contributed by atoms with Gasteiger partial charge in [-0.05, 0) is 45.1 Å². The summed E-state index contributed by atoms with van der Waals surface area (Å²) in [4.78, 5) is 0. The van der Waals surface area contributed by atoms with Gasteiger partial charge in [0.05, 0.1) is 0 Å². The topological polar surface area (TPSA) is 23.9 Å². The summed E-state index contributed by atoms with van der Waals surface area (Å²) < 4.78 is 0. The van der Waals surface area contributed by atoms with Gasteiger partial charge in [-0.3, -0.25) is 0 Å². The van der Waals surface area contributed by atoms with Crippen molar-refractivity contribution in [3.05, 3.63) is 11.1 Å². The lowest BCUT2D eigenvalue weighted by Crippen LogP contribution is -2.08. The summed E-state index contributed by atoms with van der Waals surface area (Å²) in [6.45, 7) is 4.21. The number of rotatable bonds is 0. The third-order valence-corrected chi connectivity index (χ3v) is 2.07. The summed E-state index contributed by atoms with van der Waals surface area (Å²) in [7, 11) is 0. The summed E-state index contributed by atoms with van der Waals surface area (Å²) in [6.07, 6.45) is 4.64. The highest BCUT2D eigenvalue weighted by molar-refractivity contribution is 5.98. The van der Waals surface area contributed by atoms with E-state index in [0.29, 0.717) is 0 Å². The molecule has 0 radical (unpaired) electrons. The highest BCUT2D eigenvalue weighted by Crippen LogP contribution is 2.22. The van der Waals surface area contributed by atoms with Gasteiger partial charge in [0.25, 0.3) is 0 Å². The molecule has 0 aromatic rings. The Bertz CT molecular complexity index is 173. The van der Waals surface area contributed by atoms with Gasteiger partial charge >= 0.3 is 0 Å². The van der Waals surface area contributed by atoms with Gasteiger partial charge in [-0.15, -0.1) is 0 Å². The van der Waals surface area contributed by atoms with Gasteiger partial charge in [0, 0.05) is 5.71 Å². The number of nitrogens with one attached hydrogen (secondary N) is 1. The first-order chi connectivity index (χ1) is 4.72. The lowest BCUT2D eigenvalue weighted by atomic mass is 9.90. The molecule has 1 rings (SSSR count). The zero-order chi connectivity index (χ0) is 7.56. The predicted molar refractivity (Wildman–Crippen MR) is 44.6 cm³/mol. The molecule has 1 fully saturated rings. The molecule has 1 aliphatic rings. The lowest BCUT2D eigenvalue weighted by Gasteiger charge is -2.16. The maximum Gasteiger partial charge on any atom is 0.0345 e. The fraction of sp³-hybridized carbons (Fsp3) is 0.667. The first-order valence-corrected chi connectivity index (χ1v) is 3.96. The normalized spacial score (nSPS) is 19.4. The smallest absolute Gasteiger partial charge is 0.0345 e. The average Bonchev–Trinajstić information content (AvgIpc) is 1.88. The van der Waals surface area contributed by atoms with E-state index in [1.165, 1.54) is 24.0 Å². The first-order valence-electron chi connectivity index (χ1n) is 3.96. The van der Waals surface area contributed by atoms with E-state index in [9.17, 15) is 0 Å². The number of allylic oxidation sites excluding steroid dienone is 2. The maximum atomic E-state index is 7.62. The van der Waals surface area contributed by atoms with Gasteiger partial charge in [0.2, 0.25) is 0 Å². The van der Waals surface area contributed by atoms with Crippen LogP contribution in [0.2, 0.25) is 0 Å². The molecule has 0 aromatic carbocycles. The van der Waals surface area contributed by atoms with E-state index in [4.69, 9.17) is 5.41 Å². The van der Waals surface area contributed by atoms with Crippen molar-refractivity contribution in [3.63, 3.8) is 0 Å². The molecule has 0 spiro atoms. The molecule has 1 N–H and O–H groups in total. The van der Waals surface area contributed by atoms with Crippen LogP contribution in [0.5, 0.6) is 0 Å². The molecule has 0 aliphatic heterocycles. The van der Waals surface area contributed by atoms with Crippen LogP contribution in [0.15, 0.2) is 11.1 Å². The lowest BCUT2D eigenvalue weighted by molar-refractivity contribution is 0.725. The molecule has 0 bridgehead atoms. The molecule has 0 heterocycles. The maximum absolute atomic E-state index is 7.62. The molecule has 1 saturated carbocycles. The fourth-order valence-corrected chi connectivity index (χ4v) is 1.46. The molecular weight excluding hydrogens is 122 g/mol. The minimum atomic E-state index is 0.881. The van der Waals surface area contributed by atoms with Crippen LogP contribution in [0.3, 0.4) is 0 Å². The summed E-state index contributed by atoms with van der Waals surface area (Å²) in [5, 5.41) is 7.62. The molecule has 1 aliphatic carbocycles. The van der Waals surface area contributed by atoms with Crippen LogP contribution in [0.1, 0.15) is 39.5 Å². The number of hydrogen-bond donors (Lipinski definition) is 1. The van der Waals surface area contributed by atoms with Crippen LogP contribution < -0.4 is 0 Å². The van der Waals surface area contributed by atoms with Crippen molar-refractivity contribution in [1.82, 2.24) is 0 Å². The van der Waals surface area contributed by atoms with Crippen molar-refractivity contribution in [2.45, 2.75) is 39.5 Å². The molecule has 1 heteroatoms. The van der Waals surface area contributed by atoms with Crippen molar-refractivity contribution in [2.75, 3.05) is 0 Å². The van der Waals surface area contributed by atoms with Gasteiger partial charge in [-0.2, -0.15) is 0 Å². The standard InChI is InChI=1S/C9H15N/c1-7(2)8-5-3-4-6-9(8)10/h10H,3-6H2,1-2H3. The van der Waals surface area contributed by atoms with E-state index in [0.717, 1.165) is 18.6 Å². The molecule has 0 amide bonds. The van der Waals surface area contributed by atoms with Crippen LogP contribution >= 0.6 is 0 Å². The predicted octanol–water partition coefficient (Wildman–Crippen LogP) is 2.92. The summed E-state index contributed by atoms with van der Waals surface area (Å²) in [6, 6.07) is 0. The van der Waals surface area contributed by atoms with E-state index in [1.54, 1.807) is 0 Å². The zero-order valence-corrected chi connectivity index (χ0v) is 6.83. The SMILES string of the molecule is CC(C)=C1CCCCC1=N. The van der Waals surface area contributed by atoms with E-state index >= 15 is 0 Å². The molecule has 0 atom stereocenters. The van der Waals surface area contributed by atoms with Gasteiger partial charge < -0.3 is 5.41 Å². The molecule has 10 heavy (non-hydrogen) atoms. The Hall–Kier alpha value is -0.590. The van der Waals surface area contributed by atoms with Crippen LogP contribution in [-0.2, 0) is 0 Å². The van der Waals surface area contributed by atoms with Crippen molar-refractivity contribution < 1.29 is 0 Å². The van der Waals surface area contributed by atoms with Gasteiger partial charge in [0.1, 0.15) is 0 Å². The second-order valence-corrected chi connectivity index (χ2v) is 3.16. The minimum absolute atomic E-state index is 0.881. The van der Waals surface area contributed by atoms with Crippen LogP contribution in [-0.4, -0.2) is 5.71 Å². The minimum Gasteiger partial charge on any atom is -0.305 e. The van der Waals surface area contributed by atoms with Crippen LogP contribution in [0.25, 0.3) is 0 Å². The second-order valence-electron chi connectivity index (χ2n) is 3.16. The van der Waals surface area contributed by atoms with Crippen molar-refractivity contribution >= 4 is 5.71 Å².